The van der Waals surface area contributed by atoms with Crippen molar-refractivity contribution in [1.29, 1.82) is 0 Å². The van der Waals surface area contributed by atoms with E-state index in [0.717, 1.165) is 19.6 Å². The summed E-state index contributed by atoms with van der Waals surface area (Å²) in [5, 5.41) is 7.59. The molecule has 1 rings (SSSR count). The van der Waals surface area contributed by atoms with E-state index in [1.54, 1.807) is 0 Å². The predicted octanol–water partition coefficient (Wildman–Crippen LogP) is 2.07. The standard InChI is InChI=1S/C10H19N3.ClH/c1-4-11-7-10-5-6-12-13(10)8-9(2)3;/h5-6,9,11H,4,7-8H2,1-3H3;1H. The van der Waals surface area contributed by atoms with Gasteiger partial charge >= 0.3 is 0 Å². The topological polar surface area (TPSA) is 29.9 Å². The number of rotatable bonds is 5. The van der Waals surface area contributed by atoms with Crippen molar-refractivity contribution < 1.29 is 0 Å². The molecule has 1 aromatic rings. The van der Waals surface area contributed by atoms with Crippen LogP contribution in [0, 0.1) is 5.92 Å². The SMILES string of the molecule is CCNCc1ccnn1CC(C)C.Cl. The van der Waals surface area contributed by atoms with Crippen molar-refractivity contribution in [3.8, 4) is 0 Å². The maximum Gasteiger partial charge on any atom is 0.0522 e. The first-order valence-electron chi connectivity index (χ1n) is 4.95. The van der Waals surface area contributed by atoms with Gasteiger partial charge in [0.05, 0.1) is 5.69 Å². The van der Waals surface area contributed by atoms with Crippen molar-refractivity contribution in [2.24, 2.45) is 5.92 Å². The molecular formula is C10H20ClN3. The first-order chi connectivity index (χ1) is 6.24. The van der Waals surface area contributed by atoms with Crippen LogP contribution in [0.25, 0.3) is 0 Å². The van der Waals surface area contributed by atoms with E-state index < -0.39 is 0 Å². The van der Waals surface area contributed by atoms with Crippen LogP contribution in [0.3, 0.4) is 0 Å². The highest BCUT2D eigenvalue weighted by Gasteiger charge is 2.02. The fourth-order valence-electron chi connectivity index (χ4n) is 1.27. The zero-order valence-electron chi connectivity index (χ0n) is 9.16. The van der Waals surface area contributed by atoms with Crippen LogP contribution < -0.4 is 5.32 Å². The number of hydrogen-bond donors (Lipinski definition) is 1. The van der Waals surface area contributed by atoms with Crippen molar-refractivity contribution in [2.75, 3.05) is 6.54 Å². The van der Waals surface area contributed by atoms with E-state index in [2.05, 4.69) is 41.9 Å². The molecule has 0 bridgehead atoms. The Morgan fingerprint density at radius 3 is 2.79 bits per heavy atom. The van der Waals surface area contributed by atoms with Gasteiger partial charge in [-0.1, -0.05) is 20.8 Å². The molecule has 0 spiro atoms. The zero-order valence-corrected chi connectivity index (χ0v) is 9.97. The molecule has 0 fully saturated rings. The van der Waals surface area contributed by atoms with Crippen molar-refractivity contribution >= 4 is 12.4 Å². The van der Waals surface area contributed by atoms with E-state index in [1.807, 2.05) is 6.20 Å². The largest absolute Gasteiger partial charge is 0.311 e. The number of nitrogens with zero attached hydrogens (tertiary/aromatic N) is 2. The summed E-state index contributed by atoms with van der Waals surface area (Å²) in [6, 6.07) is 2.07. The highest BCUT2D eigenvalue weighted by molar-refractivity contribution is 5.85. The average molecular weight is 218 g/mol. The lowest BCUT2D eigenvalue weighted by molar-refractivity contribution is 0.462. The molecule has 0 amide bonds. The molecule has 0 aliphatic heterocycles. The van der Waals surface area contributed by atoms with Gasteiger partial charge < -0.3 is 5.32 Å². The Bertz CT molecular complexity index is 245. The third-order valence-electron chi connectivity index (χ3n) is 1.90. The van der Waals surface area contributed by atoms with Gasteiger partial charge in [0.2, 0.25) is 0 Å². The molecular weight excluding hydrogens is 198 g/mol. The summed E-state index contributed by atoms with van der Waals surface area (Å²) in [5.41, 5.74) is 1.27. The first-order valence-corrected chi connectivity index (χ1v) is 4.95. The number of nitrogens with one attached hydrogen (secondary N) is 1. The normalized spacial score (nSPS) is 10.3. The van der Waals surface area contributed by atoms with Crippen molar-refractivity contribution in [1.82, 2.24) is 15.1 Å². The summed E-state index contributed by atoms with van der Waals surface area (Å²) >= 11 is 0. The van der Waals surface area contributed by atoms with E-state index in [4.69, 9.17) is 0 Å². The average Bonchev–Trinajstić information content (AvgIpc) is 2.48. The minimum absolute atomic E-state index is 0. The summed E-state index contributed by atoms with van der Waals surface area (Å²) < 4.78 is 2.08. The molecule has 0 aliphatic rings. The maximum absolute atomic E-state index is 4.29. The highest BCUT2D eigenvalue weighted by atomic mass is 35.5. The Kier molecular flexibility index (Phi) is 6.58. The molecule has 0 saturated carbocycles. The summed E-state index contributed by atoms with van der Waals surface area (Å²) in [6.07, 6.45) is 1.87. The lowest BCUT2D eigenvalue weighted by Gasteiger charge is -2.09. The van der Waals surface area contributed by atoms with Crippen LogP contribution in [-0.2, 0) is 13.1 Å². The third kappa shape index (κ3) is 4.11. The van der Waals surface area contributed by atoms with Gasteiger partial charge in [-0.15, -0.1) is 12.4 Å². The number of halogens is 1. The second-order valence-electron chi connectivity index (χ2n) is 3.68. The highest BCUT2D eigenvalue weighted by Crippen LogP contribution is 2.03. The van der Waals surface area contributed by atoms with Crippen LogP contribution in [0.1, 0.15) is 26.5 Å². The van der Waals surface area contributed by atoms with E-state index in [9.17, 15) is 0 Å². The molecule has 0 aromatic carbocycles. The maximum atomic E-state index is 4.29. The van der Waals surface area contributed by atoms with Crippen LogP contribution in [0.5, 0.6) is 0 Å². The summed E-state index contributed by atoms with van der Waals surface area (Å²) in [4.78, 5) is 0. The Hall–Kier alpha value is -0.540. The van der Waals surface area contributed by atoms with Gasteiger partial charge in [0.25, 0.3) is 0 Å². The summed E-state index contributed by atoms with van der Waals surface area (Å²) in [7, 11) is 0. The van der Waals surface area contributed by atoms with Gasteiger partial charge in [0.15, 0.2) is 0 Å². The van der Waals surface area contributed by atoms with Crippen molar-refractivity contribution in [3.63, 3.8) is 0 Å². The van der Waals surface area contributed by atoms with E-state index >= 15 is 0 Å². The van der Waals surface area contributed by atoms with Gasteiger partial charge in [-0.2, -0.15) is 5.10 Å². The van der Waals surface area contributed by atoms with E-state index in [-0.39, 0.29) is 12.4 Å². The Labute approximate surface area is 92.3 Å². The molecule has 0 radical (unpaired) electrons. The number of aromatic nitrogens is 2. The van der Waals surface area contributed by atoms with Crippen LogP contribution in [0.2, 0.25) is 0 Å². The molecule has 82 valence electrons. The van der Waals surface area contributed by atoms with Crippen LogP contribution >= 0.6 is 12.4 Å². The van der Waals surface area contributed by atoms with Crippen LogP contribution in [0.4, 0.5) is 0 Å². The van der Waals surface area contributed by atoms with E-state index in [1.165, 1.54) is 5.69 Å². The fourth-order valence-corrected chi connectivity index (χ4v) is 1.27. The Morgan fingerprint density at radius 2 is 2.21 bits per heavy atom. The third-order valence-corrected chi connectivity index (χ3v) is 1.90. The second-order valence-corrected chi connectivity index (χ2v) is 3.68. The van der Waals surface area contributed by atoms with Gasteiger partial charge in [-0.25, -0.2) is 0 Å². The lowest BCUT2D eigenvalue weighted by Crippen LogP contribution is -2.17. The van der Waals surface area contributed by atoms with Gasteiger partial charge in [0.1, 0.15) is 0 Å². The number of hydrogen-bond acceptors (Lipinski definition) is 2. The molecule has 0 saturated heterocycles. The smallest absolute Gasteiger partial charge is 0.0522 e. The van der Waals surface area contributed by atoms with Crippen molar-refractivity contribution in [3.05, 3.63) is 18.0 Å². The molecule has 3 nitrogen and oxygen atoms in total. The fraction of sp³-hybridized carbons (Fsp3) is 0.700. The molecule has 0 unspecified atom stereocenters. The molecule has 1 aromatic heterocycles. The lowest BCUT2D eigenvalue weighted by atomic mass is 10.2. The van der Waals surface area contributed by atoms with Crippen LogP contribution in [-0.4, -0.2) is 16.3 Å². The molecule has 1 N–H and O–H groups in total. The molecule has 0 aliphatic carbocycles. The minimum Gasteiger partial charge on any atom is -0.311 e. The van der Waals surface area contributed by atoms with Crippen LogP contribution in [0.15, 0.2) is 12.3 Å². The Balaban J connectivity index is 0.00000169. The zero-order chi connectivity index (χ0) is 9.68. The van der Waals surface area contributed by atoms with Gasteiger partial charge in [0, 0.05) is 19.3 Å². The molecule has 14 heavy (non-hydrogen) atoms. The minimum atomic E-state index is 0. The molecule has 1 heterocycles. The summed E-state index contributed by atoms with van der Waals surface area (Å²) in [6.45, 7) is 9.46. The van der Waals surface area contributed by atoms with Gasteiger partial charge in [-0.3, -0.25) is 4.68 Å². The second kappa shape index (κ2) is 6.85. The van der Waals surface area contributed by atoms with E-state index in [0.29, 0.717) is 5.92 Å². The quantitative estimate of drug-likeness (QED) is 0.819. The van der Waals surface area contributed by atoms with Gasteiger partial charge in [-0.05, 0) is 18.5 Å². The predicted molar refractivity (Wildman–Crippen MR) is 61.7 cm³/mol. The first kappa shape index (κ1) is 13.5. The molecule has 4 heteroatoms. The molecule has 0 atom stereocenters. The Morgan fingerprint density at radius 1 is 1.50 bits per heavy atom. The van der Waals surface area contributed by atoms with Crippen molar-refractivity contribution in [2.45, 2.75) is 33.9 Å². The monoisotopic (exact) mass is 217 g/mol. The summed E-state index contributed by atoms with van der Waals surface area (Å²) in [5.74, 6) is 0.653.